The molecular formula is C13H18ClNO2. The van der Waals surface area contributed by atoms with Gasteiger partial charge in [0.1, 0.15) is 0 Å². The van der Waals surface area contributed by atoms with Gasteiger partial charge in [-0.3, -0.25) is 0 Å². The maximum absolute atomic E-state index is 11.1. The average molecular weight is 256 g/mol. The van der Waals surface area contributed by atoms with E-state index in [4.69, 9.17) is 16.7 Å². The fraction of sp³-hybridized carbons (Fsp3) is 0.462. The van der Waals surface area contributed by atoms with Crippen molar-refractivity contribution in [3.63, 3.8) is 0 Å². The van der Waals surface area contributed by atoms with Crippen LogP contribution in [-0.2, 0) is 0 Å². The number of aromatic carboxylic acids is 1. The molecule has 3 nitrogen and oxygen atoms in total. The van der Waals surface area contributed by atoms with Gasteiger partial charge >= 0.3 is 5.97 Å². The third kappa shape index (κ3) is 3.63. The van der Waals surface area contributed by atoms with E-state index in [1.165, 1.54) is 6.07 Å². The van der Waals surface area contributed by atoms with Gasteiger partial charge in [-0.15, -0.1) is 0 Å². The van der Waals surface area contributed by atoms with E-state index in [0.29, 0.717) is 16.6 Å². The molecule has 1 aromatic rings. The van der Waals surface area contributed by atoms with Crippen LogP contribution in [-0.4, -0.2) is 24.7 Å². The van der Waals surface area contributed by atoms with Gasteiger partial charge in [-0.2, -0.15) is 0 Å². The van der Waals surface area contributed by atoms with Crippen LogP contribution < -0.4 is 4.90 Å². The maximum Gasteiger partial charge on any atom is 0.337 e. The van der Waals surface area contributed by atoms with E-state index in [1.54, 1.807) is 12.1 Å². The molecule has 0 spiro atoms. The van der Waals surface area contributed by atoms with Crippen LogP contribution in [0.3, 0.4) is 0 Å². The van der Waals surface area contributed by atoms with Crippen molar-refractivity contribution in [1.82, 2.24) is 0 Å². The molecule has 1 atom stereocenters. The van der Waals surface area contributed by atoms with Crippen molar-refractivity contribution in [1.29, 1.82) is 0 Å². The van der Waals surface area contributed by atoms with Gasteiger partial charge in [0.2, 0.25) is 0 Å². The van der Waals surface area contributed by atoms with E-state index in [1.807, 2.05) is 11.9 Å². The lowest BCUT2D eigenvalue weighted by atomic mass is 10.1. The normalized spacial score (nSPS) is 12.2. The zero-order valence-corrected chi connectivity index (χ0v) is 11.2. The third-order valence-corrected chi connectivity index (χ3v) is 3.12. The summed E-state index contributed by atoms with van der Waals surface area (Å²) in [6, 6.07) is 4.97. The lowest BCUT2D eigenvalue weighted by molar-refractivity contribution is 0.0697. The number of hydrogen-bond donors (Lipinski definition) is 1. The third-order valence-electron chi connectivity index (χ3n) is 2.88. The Labute approximate surface area is 107 Å². The van der Waals surface area contributed by atoms with Crippen LogP contribution in [0, 0.1) is 5.92 Å². The van der Waals surface area contributed by atoms with Crippen molar-refractivity contribution in [2.45, 2.75) is 20.3 Å². The zero-order chi connectivity index (χ0) is 13.0. The highest BCUT2D eigenvalue weighted by Crippen LogP contribution is 2.24. The Balaban J connectivity index is 3.00. The molecule has 0 aromatic heterocycles. The van der Waals surface area contributed by atoms with Gasteiger partial charge in [0.05, 0.1) is 11.3 Å². The second kappa shape index (κ2) is 5.92. The molecule has 4 heteroatoms. The first-order valence-corrected chi connectivity index (χ1v) is 6.07. The van der Waals surface area contributed by atoms with E-state index in [9.17, 15) is 4.79 Å². The van der Waals surface area contributed by atoms with Gasteiger partial charge in [0, 0.05) is 18.6 Å². The predicted molar refractivity (Wildman–Crippen MR) is 71.1 cm³/mol. The van der Waals surface area contributed by atoms with E-state index in [-0.39, 0.29) is 5.56 Å². The van der Waals surface area contributed by atoms with Gasteiger partial charge in [0.15, 0.2) is 0 Å². The van der Waals surface area contributed by atoms with E-state index in [0.717, 1.165) is 13.0 Å². The summed E-state index contributed by atoms with van der Waals surface area (Å²) < 4.78 is 0. The van der Waals surface area contributed by atoms with Gasteiger partial charge in [0.25, 0.3) is 0 Å². The minimum absolute atomic E-state index is 0.253. The predicted octanol–water partition coefficient (Wildman–Crippen LogP) is 3.52. The summed E-state index contributed by atoms with van der Waals surface area (Å²) in [6.45, 7) is 5.10. The molecule has 1 aromatic carbocycles. The number of rotatable bonds is 5. The molecule has 1 unspecified atom stereocenters. The molecule has 0 fully saturated rings. The van der Waals surface area contributed by atoms with Crippen molar-refractivity contribution >= 4 is 23.3 Å². The summed E-state index contributed by atoms with van der Waals surface area (Å²) in [4.78, 5) is 13.1. The first-order valence-electron chi connectivity index (χ1n) is 5.69. The number of carbonyl (C=O) groups is 1. The largest absolute Gasteiger partial charge is 0.478 e. The fourth-order valence-corrected chi connectivity index (χ4v) is 1.88. The number of carboxylic acids is 1. The molecule has 0 aliphatic heterocycles. The molecule has 0 saturated heterocycles. The highest BCUT2D eigenvalue weighted by atomic mass is 35.5. The molecule has 0 heterocycles. The van der Waals surface area contributed by atoms with Gasteiger partial charge < -0.3 is 10.0 Å². The van der Waals surface area contributed by atoms with Crippen LogP contribution in [0.25, 0.3) is 0 Å². The van der Waals surface area contributed by atoms with Crippen molar-refractivity contribution in [2.24, 2.45) is 5.92 Å². The summed E-state index contributed by atoms with van der Waals surface area (Å²) in [7, 11) is 1.90. The Bertz CT molecular complexity index is 406. The number of nitrogens with zero attached hydrogens (tertiary/aromatic N) is 1. The molecule has 0 radical (unpaired) electrons. The minimum atomic E-state index is -0.946. The van der Waals surface area contributed by atoms with Gasteiger partial charge in [-0.05, 0) is 24.1 Å². The zero-order valence-electron chi connectivity index (χ0n) is 10.4. The van der Waals surface area contributed by atoms with Crippen LogP contribution in [0.2, 0.25) is 5.02 Å². The molecule has 0 aliphatic carbocycles. The second-order valence-electron chi connectivity index (χ2n) is 4.36. The van der Waals surface area contributed by atoms with E-state index >= 15 is 0 Å². The van der Waals surface area contributed by atoms with E-state index < -0.39 is 5.97 Å². The summed E-state index contributed by atoms with van der Waals surface area (Å²) in [5.74, 6) is -0.421. The number of benzene rings is 1. The Morgan fingerprint density at radius 2 is 2.18 bits per heavy atom. The van der Waals surface area contributed by atoms with Crippen molar-refractivity contribution in [3.05, 3.63) is 28.8 Å². The Morgan fingerprint density at radius 1 is 1.53 bits per heavy atom. The highest BCUT2D eigenvalue weighted by molar-refractivity contribution is 6.31. The Kier molecular flexibility index (Phi) is 4.82. The van der Waals surface area contributed by atoms with Crippen LogP contribution in [0.1, 0.15) is 30.6 Å². The fourth-order valence-electron chi connectivity index (χ4n) is 1.71. The lowest BCUT2D eigenvalue weighted by Crippen LogP contribution is -2.25. The van der Waals surface area contributed by atoms with Crippen molar-refractivity contribution in [2.75, 3.05) is 18.5 Å². The van der Waals surface area contributed by atoms with Crippen LogP contribution in [0.5, 0.6) is 0 Å². The van der Waals surface area contributed by atoms with E-state index in [2.05, 4.69) is 13.8 Å². The van der Waals surface area contributed by atoms with Crippen LogP contribution in [0.4, 0.5) is 5.69 Å². The molecule has 0 aliphatic rings. The highest BCUT2D eigenvalue weighted by Gasteiger charge is 2.15. The van der Waals surface area contributed by atoms with Crippen LogP contribution >= 0.6 is 11.6 Å². The smallest absolute Gasteiger partial charge is 0.337 e. The molecule has 1 rings (SSSR count). The number of carboxylic acid groups (broad SMARTS) is 1. The summed E-state index contributed by atoms with van der Waals surface area (Å²) in [6.07, 6.45) is 1.07. The molecule has 0 amide bonds. The van der Waals surface area contributed by atoms with Crippen LogP contribution in [0.15, 0.2) is 18.2 Å². The van der Waals surface area contributed by atoms with Crippen molar-refractivity contribution < 1.29 is 9.90 Å². The number of hydrogen-bond acceptors (Lipinski definition) is 2. The van der Waals surface area contributed by atoms with Crippen molar-refractivity contribution in [3.8, 4) is 0 Å². The standard InChI is InChI=1S/C13H18ClNO2/c1-4-9(2)8-15(3)12-6-5-10(14)7-11(12)13(16)17/h5-7,9H,4,8H2,1-3H3,(H,16,17). The Hall–Kier alpha value is -1.22. The first-order chi connectivity index (χ1) is 7.95. The summed E-state index contributed by atoms with van der Waals surface area (Å²) >= 11 is 5.82. The molecule has 0 bridgehead atoms. The summed E-state index contributed by atoms with van der Waals surface area (Å²) in [5, 5.41) is 9.59. The van der Waals surface area contributed by atoms with Gasteiger partial charge in [-0.25, -0.2) is 4.79 Å². The summed E-state index contributed by atoms with van der Waals surface area (Å²) in [5.41, 5.74) is 0.963. The average Bonchev–Trinajstić information content (AvgIpc) is 2.28. The molecular weight excluding hydrogens is 238 g/mol. The first kappa shape index (κ1) is 13.8. The monoisotopic (exact) mass is 255 g/mol. The second-order valence-corrected chi connectivity index (χ2v) is 4.80. The topological polar surface area (TPSA) is 40.5 Å². The lowest BCUT2D eigenvalue weighted by Gasteiger charge is -2.24. The number of anilines is 1. The Morgan fingerprint density at radius 3 is 2.71 bits per heavy atom. The minimum Gasteiger partial charge on any atom is -0.478 e. The SMILES string of the molecule is CCC(C)CN(C)c1ccc(Cl)cc1C(=O)O. The molecule has 94 valence electrons. The van der Waals surface area contributed by atoms with Gasteiger partial charge in [-0.1, -0.05) is 31.9 Å². The maximum atomic E-state index is 11.1. The molecule has 1 N–H and O–H groups in total. The quantitative estimate of drug-likeness (QED) is 0.875. The number of halogens is 1. The molecule has 0 saturated carbocycles. The molecule has 17 heavy (non-hydrogen) atoms.